The van der Waals surface area contributed by atoms with E-state index in [-0.39, 0.29) is 24.8 Å². The molecule has 0 aliphatic carbocycles. The Balaban J connectivity index is 0.00000112. The average Bonchev–Trinajstić information content (AvgIpc) is 2.74. The summed E-state index contributed by atoms with van der Waals surface area (Å²) in [5, 5.41) is 7.72. The molecule has 2 heterocycles. The predicted molar refractivity (Wildman–Crippen MR) is 76.2 cm³/mol. The second-order valence-corrected chi connectivity index (χ2v) is 4.30. The number of nitrogens with zero attached hydrogens (tertiary/aromatic N) is 1. The molecule has 2 rings (SSSR count). The van der Waals surface area contributed by atoms with Crippen LogP contribution < -0.4 is 5.32 Å². The van der Waals surface area contributed by atoms with Crippen LogP contribution in [0.2, 0.25) is 0 Å². The topological polar surface area (TPSA) is 15.3 Å². The molecule has 0 aromatic carbocycles. The Kier molecular flexibility index (Phi) is 8.06. The molecule has 0 amide bonds. The molecule has 0 spiro atoms. The first-order valence-corrected chi connectivity index (χ1v) is 5.95. The van der Waals surface area contributed by atoms with E-state index in [2.05, 4.69) is 33.6 Å². The van der Waals surface area contributed by atoms with Gasteiger partial charge in [0.05, 0.1) is 6.04 Å². The number of thiophene rings is 1. The fraction of sp³-hybridized carbons (Fsp3) is 0.455. The maximum atomic E-state index is 3.93. The van der Waals surface area contributed by atoms with E-state index in [1.165, 1.54) is 5.56 Å². The Hall–Kier alpha value is -0.0600. The van der Waals surface area contributed by atoms with E-state index in [0.717, 1.165) is 26.2 Å². The molecule has 1 atom stereocenters. The van der Waals surface area contributed by atoms with Crippen molar-refractivity contribution in [2.45, 2.75) is 6.04 Å². The van der Waals surface area contributed by atoms with E-state index in [0.29, 0.717) is 6.04 Å². The zero-order valence-corrected chi connectivity index (χ0v) is 11.5. The monoisotopic (exact) mass is 280 g/mol. The number of rotatable bonds is 3. The maximum absolute atomic E-state index is 3.93. The number of piperazine rings is 1. The first kappa shape index (κ1) is 15.9. The summed E-state index contributed by atoms with van der Waals surface area (Å²) >= 11 is 1.76. The second kappa shape index (κ2) is 8.09. The Morgan fingerprint density at radius 3 is 2.56 bits per heavy atom. The van der Waals surface area contributed by atoms with Crippen LogP contribution in [0, 0.1) is 0 Å². The molecule has 2 nitrogen and oxygen atoms in total. The van der Waals surface area contributed by atoms with Gasteiger partial charge in [0, 0.05) is 26.2 Å². The van der Waals surface area contributed by atoms with Crippen LogP contribution in [0.15, 0.2) is 29.5 Å². The van der Waals surface area contributed by atoms with Crippen LogP contribution in [0.4, 0.5) is 0 Å². The first-order chi connectivity index (χ1) is 6.92. The highest BCUT2D eigenvalue weighted by molar-refractivity contribution is 7.07. The Bertz CT molecular complexity index is 284. The van der Waals surface area contributed by atoms with Crippen molar-refractivity contribution in [2.75, 3.05) is 26.2 Å². The Morgan fingerprint density at radius 1 is 1.38 bits per heavy atom. The van der Waals surface area contributed by atoms with Gasteiger partial charge in [-0.15, -0.1) is 31.4 Å². The Labute approximate surface area is 114 Å². The van der Waals surface area contributed by atoms with Crippen molar-refractivity contribution in [1.29, 1.82) is 0 Å². The highest BCUT2D eigenvalue weighted by atomic mass is 35.5. The third kappa shape index (κ3) is 3.75. The molecule has 1 N–H and O–H groups in total. The van der Waals surface area contributed by atoms with E-state index in [9.17, 15) is 0 Å². The molecule has 1 aromatic rings. The van der Waals surface area contributed by atoms with Gasteiger partial charge < -0.3 is 5.32 Å². The van der Waals surface area contributed by atoms with Gasteiger partial charge in [-0.05, 0) is 22.4 Å². The lowest BCUT2D eigenvalue weighted by Crippen LogP contribution is -2.44. The van der Waals surface area contributed by atoms with Gasteiger partial charge in [-0.2, -0.15) is 11.3 Å². The molecular weight excluding hydrogens is 263 g/mol. The summed E-state index contributed by atoms with van der Waals surface area (Å²) in [6.45, 7) is 8.35. The van der Waals surface area contributed by atoms with Gasteiger partial charge in [0.1, 0.15) is 0 Å². The maximum Gasteiger partial charge on any atom is 0.0538 e. The largest absolute Gasteiger partial charge is 0.314 e. The zero-order valence-electron chi connectivity index (χ0n) is 9.09. The third-order valence-electron chi connectivity index (χ3n) is 2.65. The third-order valence-corrected chi connectivity index (χ3v) is 3.35. The lowest BCUT2D eigenvalue weighted by Gasteiger charge is -2.32. The van der Waals surface area contributed by atoms with Crippen LogP contribution in [-0.4, -0.2) is 31.1 Å². The minimum atomic E-state index is 0. The van der Waals surface area contributed by atoms with Crippen molar-refractivity contribution in [3.05, 3.63) is 35.0 Å². The molecule has 1 aromatic heterocycles. The van der Waals surface area contributed by atoms with Gasteiger partial charge in [0.2, 0.25) is 0 Å². The number of halogens is 2. The summed E-state index contributed by atoms with van der Waals surface area (Å²) in [4.78, 5) is 2.48. The Morgan fingerprint density at radius 2 is 2.06 bits per heavy atom. The molecule has 1 aliphatic heterocycles. The number of hydrogen-bond donors (Lipinski definition) is 1. The molecule has 1 saturated heterocycles. The molecule has 16 heavy (non-hydrogen) atoms. The lowest BCUT2D eigenvalue weighted by molar-refractivity contribution is 0.204. The molecule has 0 saturated carbocycles. The van der Waals surface area contributed by atoms with Crippen LogP contribution in [0.1, 0.15) is 11.6 Å². The van der Waals surface area contributed by atoms with Gasteiger partial charge in [-0.1, -0.05) is 6.08 Å². The van der Waals surface area contributed by atoms with Gasteiger partial charge in [-0.3, -0.25) is 4.90 Å². The minimum absolute atomic E-state index is 0. The zero-order chi connectivity index (χ0) is 9.80. The molecular formula is C11H18Cl2N2S. The summed E-state index contributed by atoms with van der Waals surface area (Å²) in [5.41, 5.74) is 1.38. The van der Waals surface area contributed by atoms with Gasteiger partial charge in [0.15, 0.2) is 0 Å². The number of nitrogens with one attached hydrogen (secondary N) is 1. The normalized spacial score (nSPS) is 18.0. The van der Waals surface area contributed by atoms with E-state index >= 15 is 0 Å². The summed E-state index contributed by atoms with van der Waals surface area (Å²) < 4.78 is 0. The molecule has 0 bridgehead atoms. The van der Waals surface area contributed by atoms with Crippen LogP contribution in [0.25, 0.3) is 0 Å². The SMILES string of the molecule is C=C[C@@H](c1ccsc1)N1CCNCC1.Cl.Cl. The fourth-order valence-corrected chi connectivity index (χ4v) is 2.59. The van der Waals surface area contributed by atoms with E-state index < -0.39 is 0 Å². The van der Waals surface area contributed by atoms with Crippen molar-refractivity contribution < 1.29 is 0 Å². The van der Waals surface area contributed by atoms with Crippen molar-refractivity contribution in [1.82, 2.24) is 10.2 Å². The van der Waals surface area contributed by atoms with Crippen LogP contribution in [0.5, 0.6) is 0 Å². The first-order valence-electron chi connectivity index (χ1n) is 5.01. The molecule has 1 fully saturated rings. The van der Waals surface area contributed by atoms with Gasteiger partial charge in [0.25, 0.3) is 0 Å². The minimum Gasteiger partial charge on any atom is -0.314 e. The fourth-order valence-electron chi connectivity index (χ4n) is 1.90. The highest BCUT2D eigenvalue weighted by Crippen LogP contribution is 2.23. The summed E-state index contributed by atoms with van der Waals surface area (Å²) in [7, 11) is 0. The van der Waals surface area contributed by atoms with Crippen molar-refractivity contribution in [3.8, 4) is 0 Å². The summed E-state index contributed by atoms with van der Waals surface area (Å²) in [6.07, 6.45) is 2.05. The van der Waals surface area contributed by atoms with E-state index in [4.69, 9.17) is 0 Å². The smallest absolute Gasteiger partial charge is 0.0538 e. The van der Waals surface area contributed by atoms with Crippen molar-refractivity contribution in [3.63, 3.8) is 0 Å². The van der Waals surface area contributed by atoms with Gasteiger partial charge in [-0.25, -0.2) is 0 Å². The van der Waals surface area contributed by atoms with Crippen molar-refractivity contribution >= 4 is 36.2 Å². The van der Waals surface area contributed by atoms with Crippen LogP contribution in [0.3, 0.4) is 0 Å². The molecule has 0 unspecified atom stereocenters. The molecule has 92 valence electrons. The quantitative estimate of drug-likeness (QED) is 0.857. The molecule has 0 radical (unpaired) electrons. The van der Waals surface area contributed by atoms with E-state index in [1.807, 2.05) is 6.08 Å². The molecule has 5 heteroatoms. The van der Waals surface area contributed by atoms with Crippen LogP contribution >= 0.6 is 36.2 Å². The van der Waals surface area contributed by atoms with Gasteiger partial charge >= 0.3 is 0 Å². The highest BCUT2D eigenvalue weighted by Gasteiger charge is 2.19. The van der Waals surface area contributed by atoms with Crippen molar-refractivity contribution in [2.24, 2.45) is 0 Å². The predicted octanol–water partition coefficient (Wildman–Crippen LogP) is 2.72. The second-order valence-electron chi connectivity index (χ2n) is 3.52. The average molecular weight is 281 g/mol. The summed E-state index contributed by atoms with van der Waals surface area (Å²) in [6, 6.07) is 2.60. The standard InChI is InChI=1S/C11H16N2S.2ClH/c1-2-11(10-3-8-14-9-10)13-6-4-12-5-7-13;;/h2-3,8-9,11-12H,1,4-7H2;2*1H/t11-;;/m0../s1. The van der Waals surface area contributed by atoms with Crippen LogP contribution in [-0.2, 0) is 0 Å². The number of hydrogen-bond acceptors (Lipinski definition) is 3. The lowest BCUT2D eigenvalue weighted by atomic mass is 10.1. The van der Waals surface area contributed by atoms with E-state index in [1.54, 1.807) is 11.3 Å². The molecule has 1 aliphatic rings. The summed E-state index contributed by atoms with van der Waals surface area (Å²) in [5.74, 6) is 0.